The van der Waals surface area contributed by atoms with Gasteiger partial charge in [-0.05, 0) is 18.1 Å². The summed E-state index contributed by atoms with van der Waals surface area (Å²) in [4.78, 5) is 0. The normalized spacial score (nSPS) is 13.4. The fraction of sp³-hybridized carbons (Fsp3) is 1.00. The van der Waals surface area contributed by atoms with Crippen LogP contribution >= 0.6 is 0 Å². The number of hydrogen-bond donors (Lipinski definition) is 0. The molecule has 0 saturated heterocycles. The van der Waals surface area contributed by atoms with Gasteiger partial charge in [-0.3, -0.25) is 4.18 Å². The minimum atomic E-state index is -3.39. The van der Waals surface area contributed by atoms with Crippen molar-refractivity contribution in [2.45, 2.75) is 38.9 Å². The van der Waals surface area contributed by atoms with Gasteiger partial charge >= 0.3 is 0 Å². The lowest BCUT2D eigenvalue weighted by molar-refractivity contribution is 0.00464. The van der Waals surface area contributed by atoms with Crippen LogP contribution in [0.5, 0.6) is 0 Å². The highest BCUT2D eigenvalue weighted by molar-refractivity contribution is 7.85. The van der Waals surface area contributed by atoms with E-state index in [4.69, 9.17) is 18.6 Å². The Morgan fingerprint density at radius 1 is 0.750 bits per heavy atom. The standard InChI is InChI=1S/C15H34O7SSi/c1-15(2,3)24(5,6)22-14-12-20-10-8-18-7-9-19-11-13-21-23(4,16)17/h7-14H2,1-6H3. The molecule has 0 bridgehead atoms. The second-order valence-electron chi connectivity index (χ2n) is 6.97. The van der Waals surface area contributed by atoms with Gasteiger partial charge in [0.15, 0.2) is 8.32 Å². The van der Waals surface area contributed by atoms with Crippen molar-refractivity contribution in [2.75, 3.05) is 59.1 Å². The average molecular weight is 387 g/mol. The van der Waals surface area contributed by atoms with Gasteiger partial charge in [0.1, 0.15) is 0 Å². The van der Waals surface area contributed by atoms with Crippen LogP contribution in [0.15, 0.2) is 0 Å². The molecule has 0 saturated carbocycles. The Morgan fingerprint density at radius 2 is 1.12 bits per heavy atom. The smallest absolute Gasteiger partial charge is 0.264 e. The first-order valence-electron chi connectivity index (χ1n) is 8.17. The van der Waals surface area contributed by atoms with Crippen molar-refractivity contribution in [3.63, 3.8) is 0 Å². The Bertz CT molecular complexity index is 418. The second-order valence-corrected chi connectivity index (χ2v) is 13.4. The molecule has 24 heavy (non-hydrogen) atoms. The van der Waals surface area contributed by atoms with E-state index in [2.05, 4.69) is 38.0 Å². The molecule has 0 aromatic heterocycles. The minimum absolute atomic E-state index is 0.0240. The number of ether oxygens (including phenoxy) is 3. The zero-order chi connectivity index (χ0) is 18.7. The van der Waals surface area contributed by atoms with Crippen molar-refractivity contribution >= 4 is 18.4 Å². The van der Waals surface area contributed by atoms with Gasteiger partial charge in [0.2, 0.25) is 0 Å². The molecule has 0 rings (SSSR count). The van der Waals surface area contributed by atoms with Crippen molar-refractivity contribution in [3.8, 4) is 0 Å². The quantitative estimate of drug-likeness (QED) is 0.257. The monoisotopic (exact) mass is 386 g/mol. The van der Waals surface area contributed by atoms with Crippen molar-refractivity contribution in [2.24, 2.45) is 0 Å². The molecule has 0 atom stereocenters. The third-order valence-electron chi connectivity index (χ3n) is 3.77. The summed E-state index contributed by atoms with van der Waals surface area (Å²) < 4.78 is 47.9. The molecule has 0 aliphatic rings. The summed E-state index contributed by atoms with van der Waals surface area (Å²) in [5.41, 5.74) is 0. The van der Waals surface area contributed by atoms with Crippen LogP contribution in [-0.4, -0.2) is 75.8 Å². The molecule has 9 heteroatoms. The van der Waals surface area contributed by atoms with E-state index in [0.29, 0.717) is 39.6 Å². The van der Waals surface area contributed by atoms with E-state index in [1.165, 1.54) is 0 Å². The van der Waals surface area contributed by atoms with E-state index in [9.17, 15) is 8.42 Å². The lowest BCUT2D eigenvalue weighted by Gasteiger charge is -2.36. The van der Waals surface area contributed by atoms with E-state index in [1.807, 2.05) is 0 Å². The summed E-state index contributed by atoms with van der Waals surface area (Å²) in [5, 5.41) is 0.211. The summed E-state index contributed by atoms with van der Waals surface area (Å²) in [5.74, 6) is 0. The molecule has 0 aromatic rings. The molecule has 146 valence electrons. The van der Waals surface area contributed by atoms with Crippen molar-refractivity contribution in [1.29, 1.82) is 0 Å². The van der Waals surface area contributed by atoms with Crippen LogP contribution in [0.3, 0.4) is 0 Å². The summed E-state index contributed by atoms with van der Waals surface area (Å²) in [7, 11) is -5.08. The molecule has 0 fully saturated rings. The van der Waals surface area contributed by atoms with Gasteiger partial charge in [-0.2, -0.15) is 8.42 Å². The van der Waals surface area contributed by atoms with Crippen LogP contribution < -0.4 is 0 Å². The largest absolute Gasteiger partial charge is 0.414 e. The van der Waals surface area contributed by atoms with Crippen LogP contribution in [0, 0.1) is 0 Å². The molecule has 0 radical (unpaired) electrons. The first-order chi connectivity index (χ1) is 11.0. The SMILES string of the molecule is CC(C)(C)[Si](C)(C)OCCOCCOCCOCCOS(C)(=O)=O. The molecule has 0 N–H and O–H groups in total. The van der Waals surface area contributed by atoms with Gasteiger partial charge in [-0.1, -0.05) is 20.8 Å². The average Bonchev–Trinajstić information content (AvgIpc) is 2.41. The Balaban J connectivity index is 3.35. The van der Waals surface area contributed by atoms with Crippen LogP contribution in [0.2, 0.25) is 18.1 Å². The third-order valence-corrected chi connectivity index (χ3v) is 8.90. The third kappa shape index (κ3) is 13.3. The van der Waals surface area contributed by atoms with E-state index >= 15 is 0 Å². The highest BCUT2D eigenvalue weighted by Crippen LogP contribution is 2.36. The zero-order valence-electron chi connectivity index (χ0n) is 15.9. The van der Waals surface area contributed by atoms with Gasteiger partial charge in [0.25, 0.3) is 10.1 Å². The van der Waals surface area contributed by atoms with E-state index in [-0.39, 0.29) is 18.3 Å². The maximum atomic E-state index is 10.7. The predicted octanol–water partition coefficient (Wildman–Crippen LogP) is 2.03. The van der Waals surface area contributed by atoms with Crippen molar-refractivity contribution in [1.82, 2.24) is 0 Å². The highest BCUT2D eigenvalue weighted by atomic mass is 32.2. The Labute approximate surface area is 148 Å². The Hall–Kier alpha value is -0.0331. The summed E-state index contributed by atoms with van der Waals surface area (Å²) in [6.45, 7) is 14.3. The van der Waals surface area contributed by atoms with E-state index in [1.54, 1.807) is 0 Å². The minimum Gasteiger partial charge on any atom is -0.414 e. The lowest BCUT2D eigenvalue weighted by atomic mass is 10.2. The summed E-state index contributed by atoms with van der Waals surface area (Å²) in [6.07, 6.45) is 1.01. The molecule has 0 aliphatic heterocycles. The van der Waals surface area contributed by atoms with Gasteiger partial charge in [-0.15, -0.1) is 0 Å². The first kappa shape index (κ1) is 24.0. The van der Waals surface area contributed by atoms with Gasteiger partial charge in [0, 0.05) is 0 Å². The van der Waals surface area contributed by atoms with Gasteiger partial charge in [0.05, 0.1) is 59.1 Å². The lowest BCUT2D eigenvalue weighted by Crippen LogP contribution is -2.41. The van der Waals surface area contributed by atoms with Crippen LogP contribution in [0.25, 0.3) is 0 Å². The number of hydrogen-bond acceptors (Lipinski definition) is 7. The molecule has 0 heterocycles. The summed E-state index contributed by atoms with van der Waals surface area (Å²) in [6, 6.07) is 0. The van der Waals surface area contributed by atoms with Gasteiger partial charge < -0.3 is 18.6 Å². The Morgan fingerprint density at radius 3 is 1.50 bits per heavy atom. The maximum absolute atomic E-state index is 10.7. The molecule has 0 unspecified atom stereocenters. The fourth-order valence-electron chi connectivity index (χ4n) is 1.36. The molecule has 0 spiro atoms. The summed E-state index contributed by atoms with van der Waals surface area (Å²) >= 11 is 0. The topological polar surface area (TPSA) is 80.3 Å². The van der Waals surface area contributed by atoms with Crippen LogP contribution in [-0.2, 0) is 32.9 Å². The maximum Gasteiger partial charge on any atom is 0.264 e. The molecule has 0 amide bonds. The fourth-order valence-corrected chi connectivity index (χ4v) is 2.76. The van der Waals surface area contributed by atoms with Crippen molar-refractivity contribution < 1.29 is 31.2 Å². The van der Waals surface area contributed by atoms with E-state index in [0.717, 1.165) is 6.26 Å². The second kappa shape index (κ2) is 11.6. The van der Waals surface area contributed by atoms with Crippen LogP contribution in [0.4, 0.5) is 0 Å². The Kier molecular flexibility index (Phi) is 11.5. The molecular formula is C15H34O7SSi. The molecule has 0 aromatic carbocycles. The molecule has 7 nitrogen and oxygen atoms in total. The first-order valence-corrected chi connectivity index (χ1v) is 12.9. The number of rotatable bonds is 14. The van der Waals surface area contributed by atoms with Gasteiger partial charge in [-0.25, -0.2) is 0 Å². The predicted molar refractivity (Wildman–Crippen MR) is 96.4 cm³/mol. The highest BCUT2D eigenvalue weighted by Gasteiger charge is 2.36. The van der Waals surface area contributed by atoms with Crippen LogP contribution in [0.1, 0.15) is 20.8 Å². The molecular weight excluding hydrogens is 352 g/mol. The zero-order valence-corrected chi connectivity index (χ0v) is 17.7. The van der Waals surface area contributed by atoms with Crippen molar-refractivity contribution in [3.05, 3.63) is 0 Å². The molecule has 0 aliphatic carbocycles. The van der Waals surface area contributed by atoms with E-state index < -0.39 is 18.4 Å².